The normalized spacial score (nSPS) is 19.6. The molecule has 0 aromatic carbocycles. The molecule has 4 nitrogen and oxygen atoms in total. The third kappa shape index (κ3) is 1.69. The van der Waals surface area contributed by atoms with Gasteiger partial charge in [-0.15, -0.1) is 0 Å². The summed E-state index contributed by atoms with van der Waals surface area (Å²) in [5, 5.41) is 3.27. The number of nitrogens with one attached hydrogen (secondary N) is 2. The molecule has 2 N–H and O–H groups in total. The standard InChI is InChI=1S/C11H17N3O/c1-6(2)10-9-7(12-3)4-5-8(9)13-11(15)14-10/h6-7,12H,4-5H2,1-3H3,(H,13,14,15). The fourth-order valence-electron chi connectivity index (χ4n) is 2.30. The zero-order chi connectivity index (χ0) is 11.0. The summed E-state index contributed by atoms with van der Waals surface area (Å²) >= 11 is 0. The Bertz CT molecular complexity index is 422. The van der Waals surface area contributed by atoms with Crippen molar-refractivity contribution in [1.29, 1.82) is 0 Å². The molecule has 4 heteroatoms. The van der Waals surface area contributed by atoms with E-state index in [2.05, 4.69) is 29.1 Å². The molecule has 1 aliphatic rings. The van der Waals surface area contributed by atoms with Gasteiger partial charge in [-0.2, -0.15) is 4.98 Å². The van der Waals surface area contributed by atoms with Gasteiger partial charge < -0.3 is 10.3 Å². The van der Waals surface area contributed by atoms with E-state index in [0.29, 0.717) is 12.0 Å². The monoisotopic (exact) mass is 207 g/mol. The van der Waals surface area contributed by atoms with Crippen LogP contribution in [0, 0.1) is 0 Å². The Morgan fingerprint density at radius 3 is 2.87 bits per heavy atom. The summed E-state index contributed by atoms with van der Waals surface area (Å²) in [6.45, 7) is 4.15. The lowest BCUT2D eigenvalue weighted by atomic mass is 10.0. The molecule has 1 aromatic heterocycles. The predicted octanol–water partition coefficient (Wildman–Crippen LogP) is 1.10. The summed E-state index contributed by atoms with van der Waals surface area (Å²) in [4.78, 5) is 18.3. The maximum Gasteiger partial charge on any atom is 0.345 e. The third-order valence-electron chi connectivity index (χ3n) is 3.01. The summed E-state index contributed by atoms with van der Waals surface area (Å²) < 4.78 is 0. The molecule has 0 spiro atoms. The van der Waals surface area contributed by atoms with Gasteiger partial charge in [0.2, 0.25) is 0 Å². The van der Waals surface area contributed by atoms with E-state index in [0.717, 1.165) is 24.2 Å². The molecule has 0 radical (unpaired) electrons. The van der Waals surface area contributed by atoms with Crippen molar-refractivity contribution in [2.24, 2.45) is 0 Å². The second-order valence-corrected chi connectivity index (χ2v) is 4.35. The second kappa shape index (κ2) is 3.77. The topological polar surface area (TPSA) is 57.8 Å². The number of hydrogen-bond acceptors (Lipinski definition) is 3. The Morgan fingerprint density at radius 2 is 2.27 bits per heavy atom. The van der Waals surface area contributed by atoms with Crippen LogP contribution in [-0.4, -0.2) is 17.0 Å². The number of aromatic nitrogens is 2. The van der Waals surface area contributed by atoms with Crippen LogP contribution in [0.1, 0.15) is 49.2 Å². The van der Waals surface area contributed by atoms with Gasteiger partial charge >= 0.3 is 5.69 Å². The Balaban J connectivity index is 2.60. The van der Waals surface area contributed by atoms with Gasteiger partial charge in [0.05, 0.1) is 5.69 Å². The second-order valence-electron chi connectivity index (χ2n) is 4.35. The first-order valence-corrected chi connectivity index (χ1v) is 5.43. The van der Waals surface area contributed by atoms with Crippen LogP contribution in [0.3, 0.4) is 0 Å². The van der Waals surface area contributed by atoms with Crippen LogP contribution in [-0.2, 0) is 6.42 Å². The van der Waals surface area contributed by atoms with Crippen molar-refractivity contribution in [3.8, 4) is 0 Å². The van der Waals surface area contributed by atoms with Crippen molar-refractivity contribution in [3.63, 3.8) is 0 Å². The Hall–Kier alpha value is -1.16. The van der Waals surface area contributed by atoms with Gasteiger partial charge in [-0.1, -0.05) is 13.8 Å². The van der Waals surface area contributed by atoms with E-state index in [-0.39, 0.29) is 5.69 Å². The van der Waals surface area contributed by atoms with Gasteiger partial charge in [0.25, 0.3) is 0 Å². The van der Waals surface area contributed by atoms with Crippen LogP contribution in [0.25, 0.3) is 0 Å². The third-order valence-corrected chi connectivity index (χ3v) is 3.01. The maximum atomic E-state index is 11.4. The predicted molar refractivity (Wildman–Crippen MR) is 59.1 cm³/mol. The Morgan fingerprint density at radius 1 is 1.53 bits per heavy atom. The number of nitrogens with zero attached hydrogens (tertiary/aromatic N) is 1. The van der Waals surface area contributed by atoms with Crippen LogP contribution in [0.5, 0.6) is 0 Å². The number of rotatable bonds is 2. The van der Waals surface area contributed by atoms with Crippen LogP contribution in [0.15, 0.2) is 4.79 Å². The molecule has 15 heavy (non-hydrogen) atoms. The van der Waals surface area contributed by atoms with Gasteiger partial charge in [0.1, 0.15) is 0 Å². The van der Waals surface area contributed by atoms with Gasteiger partial charge in [0, 0.05) is 17.3 Å². The van der Waals surface area contributed by atoms with Crippen molar-refractivity contribution in [3.05, 3.63) is 27.4 Å². The van der Waals surface area contributed by atoms with Crippen molar-refractivity contribution in [1.82, 2.24) is 15.3 Å². The summed E-state index contributed by atoms with van der Waals surface area (Å²) in [7, 11) is 1.95. The fourth-order valence-corrected chi connectivity index (χ4v) is 2.30. The van der Waals surface area contributed by atoms with E-state index in [1.165, 1.54) is 5.56 Å². The number of hydrogen-bond donors (Lipinski definition) is 2. The van der Waals surface area contributed by atoms with E-state index in [1.807, 2.05) is 7.05 Å². The molecule has 0 amide bonds. The first-order valence-electron chi connectivity index (χ1n) is 5.43. The summed E-state index contributed by atoms with van der Waals surface area (Å²) in [6, 6.07) is 0.349. The average molecular weight is 207 g/mol. The number of aromatic amines is 1. The van der Waals surface area contributed by atoms with Crippen LogP contribution in [0.2, 0.25) is 0 Å². The average Bonchev–Trinajstić information content (AvgIpc) is 2.58. The molecule has 1 heterocycles. The molecule has 0 saturated carbocycles. The summed E-state index contributed by atoms with van der Waals surface area (Å²) in [5.74, 6) is 0.301. The minimum atomic E-state index is -0.214. The minimum absolute atomic E-state index is 0.214. The highest BCUT2D eigenvalue weighted by Gasteiger charge is 2.27. The van der Waals surface area contributed by atoms with Gasteiger partial charge in [0.15, 0.2) is 0 Å². The molecule has 1 unspecified atom stereocenters. The summed E-state index contributed by atoms with van der Waals surface area (Å²) in [5.41, 5.74) is 3.02. The zero-order valence-corrected chi connectivity index (χ0v) is 9.42. The highest BCUT2D eigenvalue weighted by atomic mass is 16.1. The van der Waals surface area contributed by atoms with E-state index in [1.54, 1.807) is 0 Å². The molecular weight excluding hydrogens is 190 g/mol. The maximum absolute atomic E-state index is 11.4. The summed E-state index contributed by atoms with van der Waals surface area (Å²) in [6.07, 6.45) is 1.99. The highest BCUT2D eigenvalue weighted by molar-refractivity contribution is 5.34. The molecule has 0 fully saturated rings. The van der Waals surface area contributed by atoms with Crippen molar-refractivity contribution in [2.75, 3.05) is 7.05 Å². The first-order chi connectivity index (χ1) is 7.13. The van der Waals surface area contributed by atoms with Crippen LogP contribution < -0.4 is 11.0 Å². The van der Waals surface area contributed by atoms with Crippen molar-refractivity contribution in [2.45, 2.75) is 38.6 Å². The van der Waals surface area contributed by atoms with E-state index < -0.39 is 0 Å². The molecule has 0 aliphatic heterocycles. The SMILES string of the molecule is CNC1CCc2[nH]c(=O)nc(C(C)C)c21. The zero-order valence-electron chi connectivity index (χ0n) is 9.42. The molecule has 1 atom stereocenters. The lowest BCUT2D eigenvalue weighted by Gasteiger charge is -2.15. The molecule has 1 aliphatic carbocycles. The first kappa shape index (κ1) is 10.4. The van der Waals surface area contributed by atoms with Crippen LogP contribution >= 0.6 is 0 Å². The van der Waals surface area contributed by atoms with Crippen molar-refractivity contribution < 1.29 is 0 Å². The quantitative estimate of drug-likeness (QED) is 0.763. The largest absolute Gasteiger partial charge is 0.345 e. The van der Waals surface area contributed by atoms with E-state index in [9.17, 15) is 4.79 Å². The molecule has 1 aromatic rings. The van der Waals surface area contributed by atoms with Gasteiger partial charge in [-0.05, 0) is 25.8 Å². The highest BCUT2D eigenvalue weighted by Crippen LogP contribution is 2.33. The fraction of sp³-hybridized carbons (Fsp3) is 0.636. The lowest BCUT2D eigenvalue weighted by molar-refractivity contribution is 0.579. The van der Waals surface area contributed by atoms with Gasteiger partial charge in [-0.3, -0.25) is 0 Å². The number of aryl methyl sites for hydroxylation is 1. The number of fused-ring (bicyclic) bond motifs is 1. The van der Waals surface area contributed by atoms with Crippen LogP contribution in [0.4, 0.5) is 0 Å². The van der Waals surface area contributed by atoms with E-state index in [4.69, 9.17) is 0 Å². The minimum Gasteiger partial charge on any atom is -0.313 e. The Kier molecular flexibility index (Phi) is 2.61. The van der Waals surface area contributed by atoms with Gasteiger partial charge in [-0.25, -0.2) is 4.79 Å². The molecular formula is C11H17N3O. The number of H-pyrrole nitrogens is 1. The molecule has 2 rings (SSSR count). The molecule has 0 bridgehead atoms. The molecule has 82 valence electrons. The molecule has 0 saturated heterocycles. The van der Waals surface area contributed by atoms with E-state index >= 15 is 0 Å². The smallest absolute Gasteiger partial charge is 0.313 e. The lowest BCUT2D eigenvalue weighted by Crippen LogP contribution is -2.21. The Labute approximate surface area is 89.1 Å². The van der Waals surface area contributed by atoms with Crippen molar-refractivity contribution >= 4 is 0 Å².